The van der Waals surface area contributed by atoms with Gasteiger partial charge in [-0.15, -0.1) is 0 Å². The van der Waals surface area contributed by atoms with E-state index in [0.29, 0.717) is 0 Å². The van der Waals surface area contributed by atoms with Crippen molar-refractivity contribution in [2.75, 3.05) is 25.1 Å². The Kier molecular flexibility index (Phi) is 3.80. The van der Waals surface area contributed by atoms with Gasteiger partial charge in [-0.2, -0.15) is 0 Å². The Bertz CT molecular complexity index is 486. The minimum absolute atomic E-state index is 0.0641. The average Bonchev–Trinajstić information content (AvgIpc) is 2.38. The van der Waals surface area contributed by atoms with Crippen molar-refractivity contribution >= 4 is 11.5 Å². The van der Waals surface area contributed by atoms with Gasteiger partial charge in [0.15, 0.2) is 0 Å². The highest BCUT2D eigenvalue weighted by atomic mass is 16.5. The average molecular weight is 261 g/mol. The number of nitrogens with zero attached hydrogens (tertiary/aromatic N) is 1. The summed E-state index contributed by atoms with van der Waals surface area (Å²) in [5.74, 6) is 0.129. The molecule has 0 radical (unpaired) electrons. The van der Waals surface area contributed by atoms with Crippen molar-refractivity contribution in [3.8, 4) is 0 Å². The van der Waals surface area contributed by atoms with E-state index >= 15 is 0 Å². The predicted octanol–water partition coefficient (Wildman–Crippen LogP) is 2.28. The van der Waals surface area contributed by atoms with E-state index in [9.17, 15) is 0 Å². The molecule has 104 valence electrons. The van der Waals surface area contributed by atoms with Crippen LogP contribution in [0, 0.1) is 12.3 Å². The van der Waals surface area contributed by atoms with Crippen molar-refractivity contribution < 1.29 is 4.74 Å². The fourth-order valence-corrected chi connectivity index (χ4v) is 2.74. The van der Waals surface area contributed by atoms with Gasteiger partial charge in [-0.05, 0) is 50.5 Å². The lowest BCUT2D eigenvalue weighted by Gasteiger charge is -2.40. The number of hydrogen-bond acceptors (Lipinski definition) is 3. The van der Waals surface area contributed by atoms with Crippen LogP contribution in [0.1, 0.15) is 30.9 Å². The molecule has 0 saturated carbocycles. The molecular formula is C15H23N3O. The molecule has 1 heterocycles. The third kappa shape index (κ3) is 2.89. The second-order valence-electron chi connectivity index (χ2n) is 5.59. The maximum absolute atomic E-state index is 7.53. The number of piperidine rings is 1. The van der Waals surface area contributed by atoms with Gasteiger partial charge in [-0.1, -0.05) is 0 Å². The van der Waals surface area contributed by atoms with Crippen LogP contribution in [0.2, 0.25) is 0 Å². The van der Waals surface area contributed by atoms with E-state index in [1.165, 1.54) is 5.69 Å². The van der Waals surface area contributed by atoms with Crippen LogP contribution in [0.4, 0.5) is 5.69 Å². The third-order valence-corrected chi connectivity index (χ3v) is 4.02. The Labute approximate surface area is 115 Å². The number of nitrogens with two attached hydrogens (primary N) is 1. The molecule has 4 heteroatoms. The number of nitrogens with one attached hydrogen (secondary N) is 1. The molecule has 1 fully saturated rings. The molecular weight excluding hydrogens is 238 g/mol. The maximum Gasteiger partial charge on any atom is 0.123 e. The van der Waals surface area contributed by atoms with Gasteiger partial charge >= 0.3 is 0 Å². The van der Waals surface area contributed by atoms with Crippen LogP contribution in [0.15, 0.2) is 18.2 Å². The lowest BCUT2D eigenvalue weighted by Crippen LogP contribution is -2.47. The van der Waals surface area contributed by atoms with Gasteiger partial charge in [0.25, 0.3) is 0 Å². The number of methoxy groups -OCH3 is 1. The smallest absolute Gasteiger partial charge is 0.123 e. The van der Waals surface area contributed by atoms with Gasteiger partial charge in [0.1, 0.15) is 5.84 Å². The van der Waals surface area contributed by atoms with E-state index in [-0.39, 0.29) is 11.4 Å². The van der Waals surface area contributed by atoms with E-state index in [0.717, 1.165) is 37.1 Å². The number of benzene rings is 1. The summed E-state index contributed by atoms with van der Waals surface area (Å²) in [7, 11) is 1.79. The Morgan fingerprint density at radius 2 is 2.21 bits per heavy atom. The molecule has 19 heavy (non-hydrogen) atoms. The van der Waals surface area contributed by atoms with E-state index < -0.39 is 0 Å². The number of rotatable bonds is 3. The minimum Gasteiger partial charge on any atom is -0.384 e. The van der Waals surface area contributed by atoms with Crippen LogP contribution in [0.25, 0.3) is 0 Å². The Morgan fingerprint density at radius 3 is 2.79 bits per heavy atom. The van der Waals surface area contributed by atoms with Crippen LogP contribution in [-0.4, -0.2) is 31.6 Å². The molecule has 4 nitrogen and oxygen atoms in total. The summed E-state index contributed by atoms with van der Waals surface area (Å²) >= 11 is 0. The highest BCUT2D eigenvalue weighted by Crippen LogP contribution is 2.29. The summed E-state index contributed by atoms with van der Waals surface area (Å²) in [5.41, 5.74) is 8.54. The van der Waals surface area contributed by atoms with Crippen LogP contribution in [0.3, 0.4) is 0 Å². The summed E-state index contributed by atoms with van der Waals surface area (Å²) < 4.78 is 5.63. The number of aryl methyl sites for hydroxylation is 1. The lowest BCUT2D eigenvalue weighted by molar-refractivity contribution is -0.00465. The molecule has 1 saturated heterocycles. The number of hydrogen-bond donors (Lipinski definition) is 2. The predicted molar refractivity (Wildman–Crippen MR) is 79.1 cm³/mol. The number of amidine groups is 1. The second kappa shape index (κ2) is 5.21. The summed E-state index contributed by atoms with van der Waals surface area (Å²) in [4.78, 5) is 2.35. The Balaban J connectivity index is 2.23. The van der Waals surface area contributed by atoms with Gasteiger partial charge in [0.2, 0.25) is 0 Å². The van der Waals surface area contributed by atoms with Crippen LogP contribution >= 0.6 is 0 Å². The molecule has 3 N–H and O–H groups in total. The first-order valence-corrected chi connectivity index (χ1v) is 6.70. The van der Waals surface area contributed by atoms with Gasteiger partial charge in [-0.25, -0.2) is 0 Å². The van der Waals surface area contributed by atoms with Crippen LogP contribution < -0.4 is 10.6 Å². The highest BCUT2D eigenvalue weighted by molar-refractivity contribution is 5.96. The van der Waals surface area contributed by atoms with Crippen molar-refractivity contribution in [1.82, 2.24) is 0 Å². The molecule has 0 amide bonds. The minimum atomic E-state index is -0.0641. The quantitative estimate of drug-likeness (QED) is 0.648. The molecule has 0 bridgehead atoms. The van der Waals surface area contributed by atoms with Gasteiger partial charge in [-0.3, -0.25) is 5.41 Å². The lowest BCUT2D eigenvalue weighted by atomic mass is 9.94. The van der Waals surface area contributed by atoms with E-state index in [1.807, 2.05) is 19.1 Å². The van der Waals surface area contributed by atoms with Crippen molar-refractivity contribution in [3.63, 3.8) is 0 Å². The fraction of sp³-hybridized carbons (Fsp3) is 0.533. The monoisotopic (exact) mass is 261 g/mol. The first kappa shape index (κ1) is 13.9. The van der Waals surface area contributed by atoms with Crippen molar-refractivity contribution in [2.24, 2.45) is 5.73 Å². The molecule has 2 rings (SSSR count). The zero-order valence-electron chi connectivity index (χ0n) is 12.0. The summed E-state index contributed by atoms with van der Waals surface area (Å²) in [5, 5.41) is 7.53. The van der Waals surface area contributed by atoms with Gasteiger partial charge < -0.3 is 15.4 Å². The molecule has 0 aromatic heterocycles. The summed E-state index contributed by atoms with van der Waals surface area (Å²) in [6, 6.07) is 6.09. The molecule has 1 aliphatic rings. The SMILES string of the molecule is COC1(C)CCCN(c2ccc(C(=N)N)c(C)c2)C1. The first-order valence-electron chi connectivity index (χ1n) is 6.70. The molecule has 0 spiro atoms. The molecule has 1 atom stereocenters. The third-order valence-electron chi connectivity index (χ3n) is 4.02. The zero-order valence-corrected chi connectivity index (χ0v) is 12.0. The fourth-order valence-electron chi connectivity index (χ4n) is 2.74. The topological polar surface area (TPSA) is 62.3 Å². The summed E-state index contributed by atoms with van der Waals surface area (Å²) in [6.07, 6.45) is 2.24. The molecule has 0 aliphatic carbocycles. The largest absolute Gasteiger partial charge is 0.384 e. The van der Waals surface area contributed by atoms with Crippen molar-refractivity contribution in [2.45, 2.75) is 32.3 Å². The van der Waals surface area contributed by atoms with Crippen LogP contribution in [0.5, 0.6) is 0 Å². The zero-order chi connectivity index (χ0) is 14.0. The number of anilines is 1. The molecule has 1 aromatic carbocycles. The van der Waals surface area contributed by atoms with E-state index in [1.54, 1.807) is 7.11 Å². The van der Waals surface area contributed by atoms with E-state index in [2.05, 4.69) is 17.9 Å². The van der Waals surface area contributed by atoms with Crippen molar-refractivity contribution in [1.29, 1.82) is 5.41 Å². The number of nitrogen functional groups attached to an aromatic ring is 1. The second-order valence-corrected chi connectivity index (χ2v) is 5.59. The Morgan fingerprint density at radius 1 is 1.47 bits per heavy atom. The molecule has 1 unspecified atom stereocenters. The molecule has 1 aromatic rings. The highest BCUT2D eigenvalue weighted by Gasteiger charge is 2.30. The summed E-state index contributed by atoms with van der Waals surface area (Å²) in [6.45, 7) is 6.12. The molecule has 1 aliphatic heterocycles. The van der Waals surface area contributed by atoms with Gasteiger partial charge in [0, 0.05) is 31.5 Å². The first-order chi connectivity index (χ1) is 8.95. The maximum atomic E-state index is 7.53. The standard InChI is InChI=1S/C15H23N3O/c1-11-9-12(5-6-13(11)14(16)17)18-8-4-7-15(2,10-18)19-3/h5-6,9H,4,7-8,10H2,1-3H3,(H3,16,17). The Hall–Kier alpha value is -1.55. The van der Waals surface area contributed by atoms with Crippen LogP contribution in [-0.2, 0) is 4.74 Å². The normalized spacial score (nSPS) is 23.4. The van der Waals surface area contributed by atoms with Crippen molar-refractivity contribution in [3.05, 3.63) is 29.3 Å². The van der Waals surface area contributed by atoms with Gasteiger partial charge in [0.05, 0.1) is 5.60 Å². The van der Waals surface area contributed by atoms with E-state index in [4.69, 9.17) is 15.9 Å². The number of ether oxygens (including phenoxy) is 1.